The van der Waals surface area contributed by atoms with Crippen LogP contribution in [-0.2, 0) is 9.59 Å². The van der Waals surface area contributed by atoms with Gasteiger partial charge in [0.25, 0.3) is 5.91 Å². The molecule has 4 aliphatic carbocycles. The van der Waals surface area contributed by atoms with E-state index in [1.165, 1.54) is 19.3 Å². The Labute approximate surface area is 165 Å². The van der Waals surface area contributed by atoms with E-state index in [0.29, 0.717) is 17.8 Å². The van der Waals surface area contributed by atoms with Crippen molar-refractivity contribution in [1.29, 1.82) is 0 Å². The average molecular weight is 383 g/mol. The van der Waals surface area contributed by atoms with E-state index in [1.807, 2.05) is 0 Å². The zero-order valence-corrected chi connectivity index (χ0v) is 16.4. The molecule has 4 aliphatic rings. The number of amides is 3. The topological polar surface area (TPSA) is 87.3 Å². The molecule has 4 bridgehead atoms. The molecule has 0 heterocycles. The molecule has 0 spiro atoms. The van der Waals surface area contributed by atoms with Crippen LogP contribution in [-0.4, -0.2) is 31.3 Å². The van der Waals surface area contributed by atoms with Crippen LogP contribution in [0.15, 0.2) is 24.3 Å². The molecular formula is C22H29N3O3. The van der Waals surface area contributed by atoms with E-state index in [0.717, 1.165) is 37.0 Å². The van der Waals surface area contributed by atoms with Gasteiger partial charge in [-0.25, -0.2) is 0 Å². The third-order valence-electron chi connectivity index (χ3n) is 6.82. The summed E-state index contributed by atoms with van der Waals surface area (Å²) in [6.07, 6.45) is 7.29. The molecule has 6 heteroatoms. The van der Waals surface area contributed by atoms with Gasteiger partial charge in [-0.1, -0.05) is 0 Å². The summed E-state index contributed by atoms with van der Waals surface area (Å²) >= 11 is 0. The molecule has 1 aromatic rings. The number of hydrogen-bond acceptors (Lipinski definition) is 3. The minimum atomic E-state index is -0.166. The first-order chi connectivity index (χ1) is 13.5. The van der Waals surface area contributed by atoms with Gasteiger partial charge in [0.2, 0.25) is 11.8 Å². The first kappa shape index (κ1) is 19.0. The fourth-order valence-electron chi connectivity index (χ4n) is 5.94. The lowest BCUT2D eigenvalue weighted by molar-refractivity contribution is -0.146. The number of benzene rings is 1. The van der Waals surface area contributed by atoms with Crippen molar-refractivity contribution in [2.24, 2.45) is 23.2 Å². The summed E-state index contributed by atoms with van der Waals surface area (Å²) in [7, 11) is 1.58. The number of hydrogen-bond donors (Lipinski definition) is 3. The molecule has 28 heavy (non-hydrogen) atoms. The maximum atomic E-state index is 12.9. The smallest absolute Gasteiger partial charge is 0.251 e. The molecular weight excluding hydrogens is 354 g/mol. The Morgan fingerprint density at radius 3 is 2.07 bits per heavy atom. The van der Waals surface area contributed by atoms with Gasteiger partial charge < -0.3 is 16.0 Å². The Bertz CT molecular complexity index is 736. The van der Waals surface area contributed by atoms with Crippen molar-refractivity contribution in [1.82, 2.24) is 10.6 Å². The Morgan fingerprint density at radius 1 is 0.964 bits per heavy atom. The fourth-order valence-corrected chi connectivity index (χ4v) is 5.94. The van der Waals surface area contributed by atoms with Crippen LogP contribution >= 0.6 is 0 Å². The predicted octanol–water partition coefficient (Wildman–Crippen LogP) is 2.71. The third-order valence-corrected chi connectivity index (χ3v) is 6.82. The summed E-state index contributed by atoms with van der Waals surface area (Å²) in [4.78, 5) is 36.6. The lowest BCUT2D eigenvalue weighted by atomic mass is 9.49. The summed E-state index contributed by atoms with van der Waals surface area (Å²) in [6, 6.07) is 6.75. The Kier molecular flexibility index (Phi) is 5.13. The summed E-state index contributed by atoms with van der Waals surface area (Å²) in [5.74, 6) is 2.06. The lowest BCUT2D eigenvalue weighted by Crippen LogP contribution is -2.53. The van der Waals surface area contributed by atoms with Crippen LogP contribution in [0.5, 0.6) is 0 Å². The molecule has 4 fully saturated rings. The van der Waals surface area contributed by atoms with E-state index in [2.05, 4.69) is 16.0 Å². The summed E-state index contributed by atoms with van der Waals surface area (Å²) < 4.78 is 0. The quantitative estimate of drug-likeness (QED) is 0.706. The SMILES string of the molecule is CNC(=O)c1ccc(NC(=O)CCNC(=O)C23CC4CC(CC(C4)C2)C3)cc1. The first-order valence-corrected chi connectivity index (χ1v) is 10.4. The maximum absolute atomic E-state index is 12.9. The zero-order valence-electron chi connectivity index (χ0n) is 16.4. The molecule has 0 aromatic heterocycles. The largest absolute Gasteiger partial charge is 0.355 e. The van der Waals surface area contributed by atoms with Gasteiger partial charge in [0.15, 0.2) is 0 Å². The second-order valence-corrected chi connectivity index (χ2v) is 8.91. The van der Waals surface area contributed by atoms with Crippen LogP contribution in [0, 0.1) is 23.2 Å². The molecule has 6 nitrogen and oxygen atoms in total. The first-order valence-electron chi connectivity index (χ1n) is 10.4. The van der Waals surface area contributed by atoms with Gasteiger partial charge in [-0.15, -0.1) is 0 Å². The monoisotopic (exact) mass is 383 g/mol. The van der Waals surface area contributed by atoms with Gasteiger partial charge in [-0.3, -0.25) is 14.4 Å². The van der Waals surface area contributed by atoms with E-state index < -0.39 is 0 Å². The van der Waals surface area contributed by atoms with E-state index in [9.17, 15) is 14.4 Å². The van der Waals surface area contributed by atoms with E-state index in [1.54, 1.807) is 31.3 Å². The van der Waals surface area contributed by atoms with Gasteiger partial charge >= 0.3 is 0 Å². The van der Waals surface area contributed by atoms with Gasteiger partial charge in [-0.05, 0) is 80.5 Å². The number of nitrogens with one attached hydrogen (secondary N) is 3. The van der Waals surface area contributed by atoms with Crippen LogP contribution in [0.3, 0.4) is 0 Å². The average Bonchev–Trinajstić information content (AvgIpc) is 2.67. The second kappa shape index (κ2) is 7.57. The molecule has 0 unspecified atom stereocenters. The molecule has 1 aromatic carbocycles. The zero-order chi connectivity index (χ0) is 19.7. The Balaban J connectivity index is 1.24. The van der Waals surface area contributed by atoms with Crippen LogP contribution in [0.4, 0.5) is 5.69 Å². The lowest BCUT2D eigenvalue weighted by Gasteiger charge is -2.55. The fraction of sp³-hybridized carbons (Fsp3) is 0.591. The van der Waals surface area contributed by atoms with Gasteiger partial charge in [0.1, 0.15) is 0 Å². The number of carbonyl (C=O) groups is 3. The van der Waals surface area contributed by atoms with Crippen molar-refractivity contribution in [3.8, 4) is 0 Å². The summed E-state index contributed by atoms with van der Waals surface area (Å²) in [5.41, 5.74) is 1.02. The minimum Gasteiger partial charge on any atom is -0.355 e. The molecule has 150 valence electrons. The van der Waals surface area contributed by atoms with Crippen LogP contribution < -0.4 is 16.0 Å². The predicted molar refractivity (Wildman–Crippen MR) is 107 cm³/mol. The standard InChI is InChI=1S/C22H29N3O3/c1-23-20(27)17-2-4-18(5-3-17)25-19(26)6-7-24-21(28)22-11-14-8-15(12-22)10-16(9-14)13-22/h2-5,14-16H,6-13H2,1H3,(H,23,27)(H,24,28)(H,25,26). The number of rotatable bonds is 6. The molecule has 3 N–H and O–H groups in total. The van der Waals surface area contributed by atoms with Gasteiger partial charge in [0, 0.05) is 36.7 Å². The highest BCUT2D eigenvalue weighted by Gasteiger charge is 2.54. The minimum absolute atomic E-state index is 0.140. The maximum Gasteiger partial charge on any atom is 0.251 e. The van der Waals surface area contributed by atoms with Crippen LogP contribution in [0.1, 0.15) is 55.3 Å². The van der Waals surface area contributed by atoms with Crippen LogP contribution in [0.2, 0.25) is 0 Å². The summed E-state index contributed by atoms with van der Waals surface area (Å²) in [5, 5.41) is 8.41. The van der Waals surface area contributed by atoms with Crippen molar-refractivity contribution >= 4 is 23.4 Å². The van der Waals surface area contributed by atoms with Crippen molar-refractivity contribution < 1.29 is 14.4 Å². The van der Waals surface area contributed by atoms with E-state index in [-0.39, 0.29) is 29.6 Å². The Hall–Kier alpha value is -2.37. The molecule has 5 rings (SSSR count). The van der Waals surface area contributed by atoms with Gasteiger partial charge in [0.05, 0.1) is 0 Å². The van der Waals surface area contributed by atoms with Gasteiger partial charge in [-0.2, -0.15) is 0 Å². The van der Waals surface area contributed by atoms with Crippen molar-refractivity contribution in [3.05, 3.63) is 29.8 Å². The second-order valence-electron chi connectivity index (χ2n) is 8.91. The summed E-state index contributed by atoms with van der Waals surface area (Å²) in [6.45, 7) is 0.364. The van der Waals surface area contributed by atoms with Crippen LogP contribution in [0.25, 0.3) is 0 Å². The van der Waals surface area contributed by atoms with E-state index in [4.69, 9.17) is 0 Å². The normalized spacial score (nSPS) is 30.0. The molecule has 3 amide bonds. The number of carbonyl (C=O) groups excluding carboxylic acids is 3. The highest BCUT2D eigenvalue weighted by Crippen LogP contribution is 2.60. The van der Waals surface area contributed by atoms with E-state index >= 15 is 0 Å². The third kappa shape index (κ3) is 3.77. The molecule has 4 saturated carbocycles. The molecule has 0 radical (unpaired) electrons. The Morgan fingerprint density at radius 2 is 1.54 bits per heavy atom. The number of anilines is 1. The van der Waals surface area contributed by atoms with Crippen molar-refractivity contribution in [2.45, 2.75) is 44.9 Å². The molecule has 0 aliphatic heterocycles. The molecule has 0 saturated heterocycles. The molecule has 0 atom stereocenters. The van der Waals surface area contributed by atoms with Crippen molar-refractivity contribution in [2.75, 3.05) is 18.9 Å². The highest BCUT2D eigenvalue weighted by atomic mass is 16.2. The highest BCUT2D eigenvalue weighted by molar-refractivity contribution is 5.95. The van der Waals surface area contributed by atoms with Crippen molar-refractivity contribution in [3.63, 3.8) is 0 Å².